The summed E-state index contributed by atoms with van der Waals surface area (Å²) in [6.45, 7) is 8.20. The summed E-state index contributed by atoms with van der Waals surface area (Å²) in [5.41, 5.74) is 2.13. The Labute approximate surface area is 118 Å². The third kappa shape index (κ3) is 2.15. The fraction of sp³-hybridized carbons (Fsp3) is 0.429. The molecule has 20 heavy (non-hydrogen) atoms. The largest absolute Gasteiger partial charge is 0.494 e. The zero-order chi connectivity index (χ0) is 14.4. The molecule has 0 saturated carbocycles. The predicted octanol–water partition coefficient (Wildman–Crippen LogP) is 1.77. The Morgan fingerprint density at radius 3 is 2.40 bits per heavy atom. The second kappa shape index (κ2) is 4.43. The topological polar surface area (TPSA) is 60.0 Å². The van der Waals surface area contributed by atoms with Gasteiger partial charge in [0.15, 0.2) is 0 Å². The van der Waals surface area contributed by atoms with E-state index in [-0.39, 0.29) is 18.3 Å². The fourth-order valence-corrected chi connectivity index (χ4v) is 2.17. The van der Waals surface area contributed by atoms with Gasteiger partial charge in [-0.3, -0.25) is 5.10 Å². The summed E-state index contributed by atoms with van der Waals surface area (Å²) in [6, 6.07) is 8.00. The Hall–Kier alpha value is -1.66. The van der Waals surface area contributed by atoms with Gasteiger partial charge in [0.2, 0.25) is 0 Å². The van der Waals surface area contributed by atoms with Gasteiger partial charge < -0.3 is 9.31 Å². The van der Waals surface area contributed by atoms with E-state index in [4.69, 9.17) is 9.31 Å². The Morgan fingerprint density at radius 2 is 1.80 bits per heavy atom. The summed E-state index contributed by atoms with van der Waals surface area (Å²) in [6.07, 6.45) is 1.77. The van der Waals surface area contributed by atoms with Crippen LogP contribution in [0.25, 0.3) is 11.3 Å². The molecule has 0 amide bonds. The van der Waals surface area contributed by atoms with Crippen LogP contribution in [0.2, 0.25) is 0 Å². The highest BCUT2D eigenvalue weighted by Gasteiger charge is 2.51. The monoisotopic (exact) mass is 271 g/mol. The lowest BCUT2D eigenvalue weighted by Gasteiger charge is -2.32. The minimum atomic E-state index is -0.355. The third-order valence-corrected chi connectivity index (χ3v) is 4.12. The normalized spacial score (nSPS) is 20.3. The molecule has 1 aliphatic rings. The van der Waals surface area contributed by atoms with Gasteiger partial charge in [-0.1, -0.05) is 29.5 Å². The molecule has 104 valence electrons. The average Bonchev–Trinajstić information content (AvgIpc) is 2.97. The Kier molecular flexibility index (Phi) is 2.95. The molecule has 5 nitrogen and oxygen atoms in total. The van der Waals surface area contributed by atoms with Crippen molar-refractivity contribution in [2.45, 2.75) is 38.9 Å². The molecular formula is C14H18BN3O2. The average molecular weight is 271 g/mol. The molecule has 2 heterocycles. The van der Waals surface area contributed by atoms with Gasteiger partial charge in [0.05, 0.1) is 11.2 Å². The third-order valence-electron chi connectivity index (χ3n) is 4.12. The zero-order valence-electron chi connectivity index (χ0n) is 12.2. The van der Waals surface area contributed by atoms with Crippen LogP contribution in [0.3, 0.4) is 0 Å². The first-order valence-electron chi connectivity index (χ1n) is 6.71. The standard InChI is InChI=1S/C14H18BN3O2/c1-13(2)14(3,4)20-15(19-13)11-7-5-6-10(8-11)12-9-16-18-17-12/h5-9H,1-4H3,(H,16,17,18). The maximum Gasteiger partial charge on any atom is 0.494 e. The summed E-state index contributed by atoms with van der Waals surface area (Å²) >= 11 is 0. The number of nitrogens with one attached hydrogen (secondary N) is 1. The predicted molar refractivity (Wildman–Crippen MR) is 77.5 cm³/mol. The van der Waals surface area contributed by atoms with Crippen LogP contribution in [-0.4, -0.2) is 33.7 Å². The summed E-state index contributed by atoms with van der Waals surface area (Å²) in [5, 5.41) is 10.5. The Bertz CT molecular complexity index is 595. The number of hydrogen-bond acceptors (Lipinski definition) is 4. The van der Waals surface area contributed by atoms with E-state index in [0.29, 0.717) is 0 Å². The molecule has 1 saturated heterocycles. The van der Waals surface area contributed by atoms with Crippen molar-refractivity contribution < 1.29 is 9.31 Å². The van der Waals surface area contributed by atoms with E-state index in [9.17, 15) is 0 Å². The molecule has 1 N–H and O–H groups in total. The first kappa shape index (κ1) is 13.3. The van der Waals surface area contributed by atoms with E-state index < -0.39 is 0 Å². The van der Waals surface area contributed by atoms with E-state index in [1.807, 2.05) is 24.3 Å². The van der Waals surface area contributed by atoms with E-state index in [1.54, 1.807) is 6.20 Å². The molecule has 6 heteroatoms. The fourth-order valence-electron chi connectivity index (χ4n) is 2.17. The smallest absolute Gasteiger partial charge is 0.399 e. The molecule has 1 aromatic carbocycles. The van der Waals surface area contributed by atoms with Gasteiger partial charge in [-0.15, -0.1) is 5.10 Å². The summed E-state index contributed by atoms with van der Waals surface area (Å²) in [4.78, 5) is 0. The van der Waals surface area contributed by atoms with Crippen LogP contribution in [0.5, 0.6) is 0 Å². The van der Waals surface area contributed by atoms with Crippen LogP contribution >= 0.6 is 0 Å². The number of aromatic amines is 1. The molecule has 3 rings (SSSR count). The quantitative estimate of drug-likeness (QED) is 0.846. The summed E-state index contributed by atoms with van der Waals surface area (Å²) < 4.78 is 12.1. The number of nitrogens with zero attached hydrogens (tertiary/aromatic N) is 2. The maximum atomic E-state index is 6.06. The lowest BCUT2D eigenvalue weighted by molar-refractivity contribution is 0.00578. The zero-order valence-corrected chi connectivity index (χ0v) is 12.2. The number of aromatic nitrogens is 3. The Morgan fingerprint density at radius 1 is 1.10 bits per heavy atom. The molecule has 0 aliphatic carbocycles. The highest BCUT2D eigenvalue weighted by Crippen LogP contribution is 2.36. The van der Waals surface area contributed by atoms with Crippen molar-refractivity contribution in [3.63, 3.8) is 0 Å². The van der Waals surface area contributed by atoms with Gasteiger partial charge in [-0.25, -0.2) is 0 Å². The van der Waals surface area contributed by atoms with Gasteiger partial charge in [-0.05, 0) is 33.2 Å². The molecular weight excluding hydrogens is 253 g/mol. The van der Waals surface area contributed by atoms with Gasteiger partial charge >= 0.3 is 7.12 Å². The van der Waals surface area contributed by atoms with Gasteiger partial charge in [0.1, 0.15) is 5.69 Å². The maximum absolute atomic E-state index is 6.06. The van der Waals surface area contributed by atoms with Crippen LogP contribution in [0, 0.1) is 0 Å². The number of hydrogen-bond donors (Lipinski definition) is 1. The lowest BCUT2D eigenvalue weighted by atomic mass is 9.78. The van der Waals surface area contributed by atoms with Crippen LogP contribution in [0.1, 0.15) is 27.7 Å². The van der Waals surface area contributed by atoms with Crippen LogP contribution < -0.4 is 5.46 Å². The SMILES string of the molecule is CC1(C)OB(c2cccc(-c3c[nH]nn3)c2)OC1(C)C. The molecule has 0 bridgehead atoms. The summed E-state index contributed by atoms with van der Waals surface area (Å²) in [7, 11) is -0.355. The van der Waals surface area contributed by atoms with E-state index in [1.165, 1.54) is 0 Å². The molecule has 0 spiro atoms. The van der Waals surface area contributed by atoms with Crippen molar-refractivity contribution in [1.29, 1.82) is 0 Å². The molecule has 2 aromatic rings. The molecule has 0 unspecified atom stereocenters. The highest BCUT2D eigenvalue weighted by molar-refractivity contribution is 6.62. The number of H-pyrrole nitrogens is 1. The van der Waals surface area contributed by atoms with Crippen molar-refractivity contribution in [2.24, 2.45) is 0 Å². The van der Waals surface area contributed by atoms with Gasteiger partial charge in [0.25, 0.3) is 0 Å². The second-order valence-electron chi connectivity index (χ2n) is 6.07. The molecule has 0 radical (unpaired) electrons. The van der Waals surface area contributed by atoms with Crippen molar-refractivity contribution in [3.8, 4) is 11.3 Å². The molecule has 1 aliphatic heterocycles. The van der Waals surface area contributed by atoms with Crippen LogP contribution in [-0.2, 0) is 9.31 Å². The van der Waals surface area contributed by atoms with Crippen molar-refractivity contribution in [1.82, 2.24) is 15.4 Å². The van der Waals surface area contributed by atoms with E-state index >= 15 is 0 Å². The van der Waals surface area contributed by atoms with Crippen molar-refractivity contribution >= 4 is 12.6 Å². The number of rotatable bonds is 2. The second-order valence-corrected chi connectivity index (χ2v) is 6.07. The molecule has 1 fully saturated rings. The minimum absolute atomic E-state index is 0.332. The van der Waals surface area contributed by atoms with E-state index in [2.05, 4.69) is 43.1 Å². The highest BCUT2D eigenvalue weighted by atomic mass is 16.7. The van der Waals surface area contributed by atoms with Crippen molar-refractivity contribution in [3.05, 3.63) is 30.5 Å². The lowest BCUT2D eigenvalue weighted by Crippen LogP contribution is -2.41. The van der Waals surface area contributed by atoms with Crippen LogP contribution in [0.4, 0.5) is 0 Å². The first-order chi connectivity index (χ1) is 9.39. The van der Waals surface area contributed by atoms with Crippen LogP contribution in [0.15, 0.2) is 30.5 Å². The number of benzene rings is 1. The first-order valence-corrected chi connectivity index (χ1v) is 6.71. The molecule has 1 aromatic heterocycles. The van der Waals surface area contributed by atoms with Crippen molar-refractivity contribution in [2.75, 3.05) is 0 Å². The van der Waals surface area contributed by atoms with Gasteiger partial charge in [-0.2, -0.15) is 0 Å². The van der Waals surface area contributed by atoms with E-state index in [0.717, 1.165) is 16.7 Å². The summed E-state index contributed by atoms with van der Waals surface area (Å²) in [5.74, 6) is 0. The Balaban J connectivity index is 1.91. The minimum Gasteiger partial charge on any atom is -0.399 e. The van der Waals surface area contributed by atoms with Gasteiger partial charge in [0, 0.05) is 11.8 Å². The molecule has 0 atom stereocenters.